The van der Waals surface area contributed by atoms with Crippen molar-refractivity contribution in [3.63, 3.8) is 0 Å². The summed E-state index contributed by atoms with van der Waals surface area (Å²) >= 11 is 0. The van der Waals surface area contributed by atoms with Gasteiger partial charge in [0, 0.05) is 17.1 Å². The molecule has 1 aliphatic carbocycles. The van der Waals surface area contributed by atoms with Crippen LogP contribution in [0.3, 0.4) is 0 Å². The number of halogens is 2. The molecule has 1 amide bonds. The largest absolute Gasteiger partial charge is 0.493 e. The number of benzene rings is 1. The molecule has 22 heavy (non-hydrogen) atoms. The molecule has 0 bridgehead atoms. The summed E-state index contributed by atoms with van der Waals surface area (Å²) in [4.78, 5) is 15.2. The Kier molecular flexibility index (Phi) is 3.76. The van der Waals surface area contributed by atoms with E-state index in [-0.39, 0.29) is 12.3 Å². The number of alkyl halides is 2. The molecular formula is C16H18F2N2O2. The number of amides is 1. The van der Waals surface area contributed by atoms with Crippen LogP contribution in [0.15, 0.2) is 24.4 Å². The van der Waals surface area contributed by atoms with Gasteiger partial charge in [0.1, 0.15) is 11.3 Å². The number of hydrogen-bond acceptors (Lipinski definition) is 2. The Morgan fingerprint density at radius 3 is 2.86 bits per heavy atom. The highest BCUT2D eigenvalue weighted by Crippen LogP contribution is 2.41. The lowest BCUT2D eigenvalue weighted by molar-refractivity contribution is -0.122. The summed E-state index contributed by atoms with van der Waals surface area (Å²) < 4.78 is 31.4. The van der Waals surface area contributed by atoms with Gasteiger partial charge in [0.2, 0.25) is 5.91 Å². The molecule has 0 spiro atoms. The van der Waals surface area contributed by atoms with Crippen molar-refractivity contribution in [2.45, 2.75) is 38.2 Å². The first-order valence-electron chi connectivity index (χ1n) is 7.36. The first-order valence-corrected chi connectivity index (χ1v) is 7.36. The fourth-order valence-corrected chi connectivity index (χ4v) is 2.66. The summed E-state index contributed by atoms with van der Waals surface area (Å²) in [6.07, 6.45) is -0.0469. The van der Waals surface area contributed by atoms with Gasteiger partial charge in [-0.1, -0.05) is 6.07 Å². The number of carbonyl (C=O) groups is 1. The molecule has 2 N–H and O–H groups in total. The van der Waals surface area contributed by atoms with Crippen LogP contribution < -0.4 is 10.1 Å². The molecule has 6 heteroatoms. The van der Waals surface area contributed by atoms with E-state index in [0.717, 1.165) is 16.5 Å². The van der Waals surface area contributed by atoms with Gasteiger partial charge in [-0.3, -0.25) is 4.79 Å². The average molecular weight is 308 g/mol. The summed E-state index contributed by atoms with van der Waals surface area (Å²) in [5.41, 5.74) is 0.316. The molecule has 0 unspecified atom stereocenters. The van der Waals surface area contributed by atoms with Crippen molar-refractivity contribution in [3.05, 3.63) is 30.0 Å². The number of aromatic amines is 1. The second-order valence-electron chi connectivity index (χ2n) is 5.61. The number of H-pyrrole nitrogens is 1. The lowest BCUT2D eigenvalue weighted by Crippen LogP contribution is -2.42. The van der Waals surface area contributed by atoms with E-state index in [2.05, 4.69) is 10.3 Å². The number of rotatable bonds is 6. The van der Waals surface area contributed by atoms with Gasteiger partial charge in [-0.05, 0) is 37.5 Å². The Morgan fingerprint density at radius 2 is 2.23 bits per heavy atom. The van der Waals surface area contributed by atoms with Crippen LogP contribution in [-0.4, -0.2) is 29.5 Å². The quantitative estimate of drug-likeness (QED) is 0.862. The second-order valence-corrected chi connectivity index (χ2v) is 5.61. The van der Waals surface area contributed by atoms with Crippen LogP contribution >= 0.6 is 0 Å². The predicted molar refractivity (Wildman–Crippen MR) is 79.3 cm³/mol. The highest BCUT2D eigenvalue weighted by Gasteiger charge is 2.52. The van der Waals surface area contributed by atoms with Crippen LogP contribution in [0.5, 0.6) is 5.75 Å². The number of aromatic nitrogens is 1. The van der Waals surface area contributed by atoms with Crippen LogP contribution in [-0.2, 0) is 11.2 Å². The fraction of sp³-hybridized carbons (Fsp3) is 0.438. The molecule has 0 saturated heterocycles. The van der Waals surface area contributed by atoms with E-state index in [4.69, 9.17) is 4.74 Å². The molecule has 0 aliphatic heterocycles. The summed E-state index contributed by atoms with van der Waals surface area (Å²) in [7, 11) is 0. The molecule has 2 aromatic rings. The van der Waals surface area contributed by atoms with Gasteiger partial charge < -0.3 is 15.0 Å². The predicted octanol–water partition coefficient (Wildman–Crippen LogP) is 3.02. The highest BCUT2D eigenvalue weighted by molar-refractivity contribution is 5.93. The zero-order valence-corrected chi connectivity index (χ0v) is 12.3. The molecule has 118 valence electrons. The standard InChI is InChI=1S/C16H18F2N2O2/c1-2-22-12-5-3-4-11-14(12)10(9-19-11)8-13(21)20-16(6-7-16)15(17)18/h3-5,9,15,19H,2,6-8H2,1H3,(H,20,21). The first kappa shape index (κ1) is 14.8. The smallest absolute Gasteiger partial charge is 0.261 e. The molecule has 1 saturated carbocycles. The van der Waals surface area contributed by atoms with Crippen LogP contribution in [0, 0.1) is 0 Å². The summed E-state index contributed by atoms with van der Waals surface area (Å²) in [6.45, 7) is 2.40. The van der Waals surface area contributed by atoms with E-state index in [1.165, 1.54) is 0 Å². The summed E-state index contributed by atoms with van der Waals surface area (Å²) in [6, 6.07) is 5.59. The first-order chi connectivity index (χ1) is 10.6. The maximum absolute atomic E-state index is 12.9. The third-order valence-corrected chi connectivity index (χ3v) is 3.99. The van der Waals surface area contributed by atoms with Gasteiger partial charge in [-0.15, -0.1) is 0 Å². The molecular weight excluding hydrogens is 290 g/mol. The topological polar surface area (TPSA) is 54.1 Å². The molecule has 1 aromatic carbocycles. The van der Waals surface area contributed by atoms with Gasteiger partial charge in [0.05, 0.1) is 13.0 Å². The van der Waals surface area contributed by atoms with Gasteiger partial charge >= 0.3 is 0 Å². The maximum Gasteiger partial charge on any atom is 0.261 e. The number of carbonyl (C=O) groups excluding carboxylic acids is 1. The highest BCUT2D eigenvalue weighted by atomic mass is 19.3. The number of nitrogens with one attached hydrogen (secondary N) is 2. The van der Waals surface area contributed by atoms with Gasteiger partial charge in [-0.2, -0.15) is 0 Å². The molecule has 1 fully saturated rings. The zero-order valence-electron chi connectivity index (χ0n) is 12.3. The monoisotopic (exact) mass is 308 g/mol. The van der Waals surface area contributed by atoms with Crippen molar-refractivity contribution in [1.82, 2.24) is 10.3 Å². The van der Waals surface area contributed by atoms with Crippen molar-refractivity contribution >= 4 is 16.8 Å². The zero-order chi connectivity index (χ0) is 15.7. The summed E-state index contributed by atoms with van der Waals surface area (Å²) in [5, 5.41) is 3.31. The average Bonchev–Trinajstić information content (AvgIpc) is 3.14. The normalized spacial score (nSPS) is 16.0. The van der Waals surface area contributed by atoms with E-state index < -0.39 is 12.0 Å². The van der Waals surface area contributed by atoms with Crippen LogP contribution in [0.2, 0.25) is 0 Å². The van der Waals surface area contributed by atoms with Crippen molar-refractivity contribution in [3.8, 4) is 5.75 Å². The fourth-order valence-electron chi connectivity index (χ4n) is 2.66. The van der Waals surface area contributed by atoms with Crippen LogP contribution in [0.25, 0.3) is 10.9 Å². The third kappa shape index (κ3) is 2.65. The number of ether oxygens (including phenoxy) is 1. The minimum absolute atomic E-state index is 0.0541. The molecule has 1 aromatic heterocycles. The molecule has 0 radical (unpaired) electrons. The van der Waals surface area contributed by atoms with Crippen molar-refractivity contribution in [1.29, 1.82) is 0 Å². The second kappa shape index (κ2) is 5.59. The number of fused-ring (bicyclic) bond motifs is 1. The molecule has 3 rings (SSSR count). The Morgan fingerprint density at radius 1 is 1.45 bits per heavy atom. The van der Waals surface area contributed by atoms with Crippen molar-refractivity contribution in [2.75, 3.05) is 6.61 Å². The van der Waals surface area contributed by atoms with Gasteiger partial charge in [0.15, 0.2) is 0 Å². The molecule has 0 atom stereocenters. The van der Waals surface area contributed by atoms with Crippen molar-refractivity contribution in [2.24, 2.45) is 0 Å². The van der Waals surface area contributed by atoms with Crippen LogP contribution in [0.1, 0.15) is 25.3 Å². The Bertz CT molecular complexity index is 693. The lowest BCUT2D eigenvalue weighted by atomic mass is 10.1. The minimum Gasteiger partial charge on any atom is -0.493 e. The van der Waals surface area contributed by atoms with E-state index in [0.29, 0.717) is 25.2 Å². The Balaban J connectivity index is 1.80. The van der Waals surface area contributed by atoms with E-state index in [9.17, 15) is 13.6 Å². The molecule has 1 heterocycles. The van der Waals surface area contributed by atoms with E-state index in [1.54, 1.807) is 6.20 Å². The van der Waals surface area contributed by atoms with E-state index >= 15 is 0 Å². The maximum atomic E-state index is 12.9. The van der Waals surface area contributed by atoms with E-state index in [1.807, 2.05) is 25.1 Å². The van der Waals surface area contributed by atoms with Crippen molar-refractivity contribution < 1.29 is 18.3 Å². The molecule has 1 aliphatic rings. The van der Waals surface area contributed by atoms with Gasteiger partial charge in [-0.25, -0.2) is 8.78 Å². The van der Waals surface area contributed by atoms with Gasteiger partial charge in [0.25, 0.3) is 6.43 Å². The Labute approximate surface area is 126 Å². The SMILES string of the molecule is CCOc1cccc2[nH]cc(CC(=O)NC3(C(F)F)CC3)c12. The number of hydrogen-bond donors (Lipinski definition) is 2. The third-order valence-electron chi connectivity index (χ3n) is 3.99. The lowest BCUT2D eigenvalue weighted by Gasteiger charge is -2.16. The molecule has 4 nitrogen and oxygen atoms in total. The Hall–Kier alpha value is -2.11. The van der Waals surface area contributed by atoms with Crippen LogP contribution in [0.4, 0.5) is 8.78 Å². The summed E-state index contributed by atoms with van der Waals surface area (Å²) in [5.74, 6) is 0.309. The minimum atomic E-state index is -2.52.